The molecular weight excluding hydrogens is 290 g/mol. The SMILES string of the molecule is CN1CCOc2ccc(NC(=O)CC3(CN)CCCCC3)cc21. The third kappa shape index (κ3) is 3.61. The Morgan fingerprint density at radius 3 is 2.87 bits per heavy atom. The van der Waals surface area contributed by atoms with Gasteiger partial charge in [-0.25, -0.2) is 0 Å². The fourth-order valence-corrected chi connectivity index (χ4v) is 3.73. The van der Waals surface area contributed by atoms with Crippen LogP contribution in [-0.4, -0.2) is 32.7 Å². The molecule has 1 saturated carbocycles. The number of amides is 1. The van der Waals surface area contributed by atoms with E-state index in [4.69, 9.17) is 10.5 Å². The summed E-state index contributed by atoms with van der Waals surface area (Å²) in [5.41, 5.74) is 7.84. The number of hydrogen-bond donors (Lipinski definition) is 2. The number of fused-ring (bicyclic) bond motifs is 1. The van der Waals surface area contributed by atoms with Crippen molar-refractivity contribution in [2.45, 2.75) is 38.5 Å². The highest BCUT2D eigenvalue weighted by Crippen LogP contribution is 2.39. The molecule has 1 amide bonds. The third-order valence-electron chi connectivity index (χ3n) is 5.22. The number of ether oxygens (including phenoxy) is 1. The zero-order valence-electron chi connectivity index (χ0n) is 13.9. The first-order valence-corrected chi connectivity index (χ1v) is 8.60. The molecule has 2 aliphatic rings. The lowest BCUT2D eigenvalue weighted by Gasteiger charge is -2.35. The molecule has 0 unspecified atom stereocenters. The molecule has 5 nitrogen and oxygen atoms in total. The number of rotatable bonds is 4. The lowest BCUT2D eigenvalue weighted by Crippen LogP contribution is -2.36. The van der Waals surface area contributed by atoms with Gasteiger partial charge in [-0.1, -0.05) is 19.3 Å². The molecule has 1 aromatic rings. The van der Waals surface area contributed by atoms with Crippen LogP contribution < -0.4 is 20.7 Å². The van der Waals surface area contributed by atoms with Crippen LogP contribution in [0.25, 0.3) is 0 Å². The summed E-state index contributed by atoms with van der Waals surface area (Å²) in [7, 11) is 2.04. The van der Waals surface area contributed by atoms with Gasteiger partial charge in [-0.15, -0.1) is 0 Å². The van der Waals surface area contributed by atoms with Gasteiger partial charge in [0.25, 0.3) is 0 Å². The third-order valence-corrected chi connectivity index (χ3v) is 5.22. The van der Waals surface area contributed by atoms with Crippen molar-refractivity contribution in [3.8, 4) is 5.75 Å². The fraction of sp³-hybridized carbons (Fsp3) is 0.611. The van der Waals surface area contributed by atoms with Crippen LogP contribution in [0.2, 0.25) is 0 Å². The van der Waals surface area contributed by atoms with Crippen LogP contribution in [0.4, 0.5) is 11.4 Å². The van der Waals surface area contributed by atoms with E-state index >= 15 is 0 Å². The highest BCUT2D eigenvalue weighted by molar-refractivity contribution is 5.92. The number of nitrogens with zero attached hydrogens (tertiary/aromatic N) is 1. The van der Waals surface area contributed by atoms with Crippen molar-refractivity contribution in [1.82, 2.24) is 0 Å². The van der Waals surface area contributed by atoms with Crippen LogP contribution in [0.3, 0.4) is 0 Å². The van der Waals surface area contributed by atoms with Gasteiger partial charge in [-0.2, -0.15) is 0 Å². The summed E-state index contributed by atoms with van der Waals surface area (Å²) in [6.07, 6.45) is 6.29. The van der Waals surface area contributed by atoms with E-state index in [9.17, 15) is 4.79 Å². The quantitative estimate of drug-likeness (QED) is 0.896. The number of hydrogen-bond acceptors (Lipinski definition) is 4. The average Bonchev–Trinajstić information content (AvgIpc) is 2.56. The lowest BCUT2D eigenvalue weighted by molar-refractivity contribution is -0.118. The van der Waals surface area contributed by atoms with E-state index in [-0.39, 0.29) is 11.3 Å². The Morgan fingerprint density at radius 2 is 2.13 bits per heavy atom. The summed E-state index contributed by atoms with van der Waals surface area (Å²) in [5.74, 6) is 0.944. The number of carbonyl (C=O) groups excluding carboxylic acids is 1. The highest BCUT2D eigenvalue weighted by atomic mass is 16.5. The molecule has 5 heteroatoms. The van der Waals surface area contributed by atoms with Crippen molar-refractivity contribution < 1.29 is 9.53 Å². The highest BCUT2D eigenvalue weighted by Gasteiger charge is 2.33. The first kappa shape index (κ1) is 16.1. The second-order valence-corrected chi connectivity index (χ2v) is 6.94. The van der Waals surface area contributed by atoms with Crippen LogP contribution in [0.5, 0.6) is 5.75 Å². The first-order valence-electron chi connectivity index (χ1n) is 8.60. The molecule has 3 rings (SSSR count). The molecule has 1 aliphatic carbocycles. The molecule has 0 atom stereocenters. The molecule has 0 saturated heterocycles. The van der Waals surface area contributed by atoms with Crippen molar-refractivity contribution >= 4 is 17.3 Å². The predicted octanol–water partition coefficient (Wildman–Crippen LogP) is 2.75. The van der Waals surface area contributed by atoms with E-state index < -0.39 is 0 Å². The predicted molar refractivity (Wildman–Crippen MR) is 93.0 cm³/mol. The Morgan fingerprint density at radius 1 is 1.35 bits per heavy atom. The molecule has 0 spiro atoms. The van der Waals surface area contributed by atoms with Crippen LogP contribution in [0.1, 0.15) is 38.5 Å². The van der Waals surface area contributed by atoms with Crippen molar-refractivity contribution in [1.29, 1.82) is 0 Å². The molecule has 0 radical (unpaired) electrons. The molecule has 1 fully saturated rings. The maximum absolute atomic E-state index is 12.5. The van der Waals surface area contributed by atoms with E-state index in [1.165, 1.54) is 19.3 Å². The van der Waals surface area contributed by atoms with E-state index in [0.29, 0.717) is 19.6 Å². The second-order valence-electron chi connectivity index (χ2n) is 6.94. The lowest BCUT2D eigenvalue weighted by atomic mass is 9.71. The minimum atomic E-state index is -0.00353. The number of benzene rings is 1. The van der Waals surface area contributed by atoms with Gasteiger partial charge in [0.1, 0.15) is 12.4 Å². The van der Waals surface area contributed by atoms with E-state index in [1.807, 2.05) is 25.2 Å². The summed E-state index contributed by atoms with van der Waals surface area (Å²) in [5, 5.41) is 3.04. The van der Waals surface area contributed by atoms with Crippen molar-refractivity contribution in [2.75, 3.05) is 37.0 Å². The Bertz CT molecular complexity index is 567. The number of carbonyl (C=O) groups is 1. The molecule has 0 aromatic heterocycles. The van der Waals surface area contributed by atoms with Gasteiger partial charge < -0.3 is 20.7 Å². The molecule has 0 bridgehead atoms. The van der Waals surface area contributed by atoms with Crippen LogP contribution >= 0.6 is 0 Å². The van der Waals surface area contributed by atoms with E-state index in [0.717, 1.165) is 36.5 Å². The number of nitrogens with two attached hydrogens (primary N) is 1. The monoisotopic (exact) mass is 317 g/mol. The van der Waals surface area contributed by atoms with Crippen molar-refractivity contribution in [2.24, 2.45) is 11.1 Å². The van der Waals surface area contributed by atoms with Gasteiger partial charge in [-0.05, 0) is 43.0 Å². The molecule has 1 aromatic carbocycles. The minimum absolute atomic E-state index is 0.00353. The first-order chi connectivity index (χ1) is 11.1. The molecular formula is C18H27N3O2. The second kappa shape index (κ2) is 6.79. The zero-order valence-corrected chi connectivity index (χ0v) is 13.9. The zero-order chi connectivity index (χ0) is 16.3. The van der Waals surface area contributed by atoms with Gasteiger partial charge in [0.15, 0.2) is 0 Å². The Labute approximate surface area is 138 Å². The maximum Gasteiger partial charge on any atom is 0.224 e. The van der Waals surface area contributed by atoms with Gasteiger partial charge in [0, 0.05) is 19.2 Å². The van der Waals surface area contributed by atoms with Gasteiger partial charge >= 0.3 is 0 Å². The Hall–Kier alpha value is -1.75. The number of likely N-dealkylation sites (N-methyl/N-ethyl adjacent to an activating group) is 1. The largest absolute Gasteiger partial charge is 0.490 e. The average molecular weight is 317 g/mol. The molecule has 1 heterocycles. The van der Waals surface area contributed by atoms with E-state index in [2.05, 4.69) is 10.2 Å². The van der Waals surface area contributed by atoms with Gasteiger partial charge in [0.05, 0.1) is 12.2 Å². The summed E-state index contributed by atoms with van der Waals surface area (Å²) < 4.78 is 5.64. The van der Waals surface area contributed by atoms with Gasteiger partial charge in [0.2, 0.25) is 5.91 Å². The van der Waals surface area contributed by atoms with E-state index in [1.54, 1.807) is 0 Å². The number of nitrogens with one attached hydrogen (secondary N) is 1. The molecule has 23 heavy (non-hydrogen) atoms. The Kier molecular flexibility index (Phi) is 4.76. The van der Waals surface area contributed by atoms with Crippen molar-refractivity contribution in [3.63, 3.8) is 0 Å². The molecule has 1 aliphatic heterocycles. The minimum Gasteiger partial charge on any atom is -0.490 e. The molecule has 126 valence electrons. The van der Waals surface area contributed by atoms with Crippen LogP contribution in [0.15, 0.2) is 18.2 Å². The maximum atomic E-state index is 12.5. The normalized spacial score (nSPS) is 19.7. The smallest absolute Gasteiger partial charge is 0.224 e. The summed E-state index contributed by atoms with van der Waals surface area (Å²) in [6.45, 7) is 2.16. The Balaban J connectivity index is 1.67. The summed E-state index contributed by atoms with van der Waals surface area (Å²) >= 11 is 0. The topological polar surface area (TPSA) is 67.6 Å². The van der Waals surface area contributed by atoms with Crippen LogP contribution in [0, 0.1) is 5.41 Å². The number of anilines is 2. The molecule has 3 N–H and O–H groups in total. The summed E-state index contributed by atoms with van der Waals surface area (Å²) in [4.78, 5) is 14.6. The standard InChI is InChI=1S/C18H27N3O2/c1-21-9-10-23-16-6-5-14(11-15(16)21)20-17(22)12-18(13-19)7-3-2-4-8-18/h5-6,11H,2-4,7-10,12-13,19H2,1H3,(H,20,22). The van der Waals surface area contributed by atoms with Gasteiger partial charge in [-0.3, -0.25) is 4.79 Å². The summed E-state index contributed by atoms with van der Waals surface area (Å²) in [6, 6.07) is 5.83. The van der Waals surface area contributed by atoms with Crippen molar-refractivity contribution in [3.05, 3.63) is 18.2 Å². The fourth-order valence-electron chi connectivity index (χ4n) is 3.73. The van der Waals surface area contributed by atoms with Crippen LogP contribution in [-0.2, 0) is 4.79 Å².